The van der Waals surface area contributed by atoms with Gasteiger partial charge >= 0.3 is 0 Å². The number of carbonyl (C=O) groups excluding carboxylic acids is 1. The second-order valence-corrected chi connectivity index (χ2v) is 5.85. The molecular weight excluding hydrogens is 350 g/mol. The van der Waals surface area contributed by atoms with Gasteiger partial charge in [-0.15, -0.1) is 0 Å². The first kappa shape index (κ1) is 20.4. The Balaban J connectivity index is 2.22. The molecule has 7 nitrogen and oxygen atoms in total. The van der Waals surface area contributed by atoms with Gasteiger partial charge in [0.05, 0.1) is 41.1 Å². The molecule has 1 amide bonds. The zero-order valence-electron chi connectivity index (χ0n) is 16.2. The standard InChI is InChI=1S/C20H25NO6/c1-21(20(23)19-16(25-3)7-6-8-17(19)26-4)12-14(22)13-9-10-15(24-2)18(11-13)27-5/h6-11,14,22H,12H2,1-5H3. The molecule has 0 bridgehead atoms. The first-order chi connectivity index (χ1) is 13.0. The van der Waals surface area contributed by atoms with Crippen LogP contribution in [0.4, 0.5) is 0 Å². The van der Waals surface area contributed by atoms with E-state index in [1.165, 1.54) is 26.2 Å². The lowest BCUT2D eigenvalue weighted by molar-refractivity contribution is 0.0674. The van der Waals surface area contributed by atoms with Gasteiger partial charge in [-0.25, -0.2) is 0 Å². The Morgan fingerprint density at radius 2 is 1.48 bits per heavy atom. The Hall–Kier alpha value is -2.93. The topological polar surface area (TPSA) is 77.5 Å². The summed E-state index contributed by atoms with van der Waals surface area (Å²) in [4.78, 5) is 14.3. The lowest BCUT2D eigenvalue weighted by Crippen LogP contribution is -2.31. The Bertz CT molecular complexity index is 770. The van der Waals surface area contributed by atoms with Crippen LogP contribution in [-0.2, 0) is 0 Å². The number of hydrogen-bond acceptors (Lipinski definition) is 6. The number of ether oxygens (including phenoxy) is 4. The number of aliphatic hydroxyl groups excluding tert-OH is 1. The zero-order valence-corrected chi connectivity index (χ0v) is 16.2. The minimum absolute atomic E-state index is 0.0789. The molecule has 7 heteroatoms. The average Bonchev–Trinajstić information content (AvgIpc) is 2.71. The van der Waals surface area contributed by atoms with Gasteiger partial charge in [-0.1, -0.05) is 12.1 Å². The number of carbonyl (C=O) groups is 1. The molecule has 0 spiro atoms. The van der Waals surface area contributed by atoms with Crippen molar-refractivity contribution in [1.82, 2.24) is 4.90 Å². The molecule has 0 heterocycles. The minimum Gasteiger partial charge on any atom is -0.496 e. The molecule has 0 radical (unpaired) electrons. The molecule has 0 aliphatic carbocycles. The van der Waals surface area contributed by atoms with Gasteiger partial charge in [-0.05, 0) is 29.8 Å². The average molecular weight is 375 g/mol. The molecule has 0 aliphatic rings. The van der Waals surface area contributed by atoms with Crippen LogP contribution in [0.25, 0.3) is 0 Å². The lowest BCUT2D eigenvalue weighted by atomic mass is 10.1. The highest BCUT2D eigenvalue weighted by Crippen LogP contribution is 2.32. The van der Waals surface area contributed by atoms with Crippen LogP contribution in [-0.4, -0.2) is 57.9 Å². The smallest absolute Gasteiger partial charge is 0.261 e. The number of hydrogen-bond donors (Lipinski definition) is 1. The monoisotopic (exact) mass is 375 g/mol. The van der Waals surface area contributed by atoms with Crippen LogP contribution < -0.4 is 18.9 Å². The van der Waals surface area contributed by atoms with E-state index in [0.717, 1.165) is 0 Å². The van der Waals surface area contributed by atoms with Gasteiger partial charge in [0, 0.05) is 7.05 Å². The fourth-order valence-electron chi connectivity index (χ4n) is 2.76. The van der Waals surface area contributed by atoms with Gasteiger partial charge in [0.15, 0.2) is 11.5 Å². The largest absolute Gasteiger partial charge is 0.496 e. The van der Waals surface area contributed by atoms with E-state index in [1.54, 1.807) is 50.6 Å². The van der Waals surface area contributed by atoms with Crippen molar-refractivity contribution in [2.75, 3.05) is 42.0 Å². The molecule has 0 saturated heterocycles. The summed E-state index contributed by atoms with van der Waals surface area (Å²) >= 11 is 0. The van der Waals surface area contributed by atoms with E-state index in [2.05, 4.69) is 0 Å². The van der Waals surface area contributed by atoms with Crippen LogP contribution in [0.5, 0.6) is 23.0 Å². The molecule has 0 saturated carbocycles. The Kier molecular flexibility index (Phi) is 6.90. The second kappa shape index (κ2) is 9.14. The third-order valence-corrected chi connectivity index (χ3v) is 4.23. The SMILES string of the molecule is COc1ccc(C(O)CN(C)C(=O)c2c(OC)cccc2OC)cc1OC. The van der Waals surface area contributed by atoms with E-state index in [4.69, 9.17) is 18.9 Å². The van der Waals surface area contributed by atoms with E-state index in [1.807, 2.05) is 0 Å². The van der Waals surface area contributed by atoms with Crippen LogP contribution in [0.15, 0.2) is 36.4 Å². The van der Waals surface area contributed by atoms with Gasteiger partial charge < -0.3 is 29.0 Å². The quantitative estimate of drug-likeness (QED) is 0.764. The maximum absolute atomic E-state index is 12.9. The highest BCUT2D eigenvalue weighted by Gasteiger charge is 2.24. The number of likely N-dealkylation sites (N-methyl/N-ethyl adjacent to an activating group) is 1. The summed E-state index contributed by atoms with van der Waals surface area (Å²) in [5.41, 5.74) is 0.920. The number of rotatable bonds is 8. The number of nitrogens with zero attached hydrogens (tertiary/aromatic N) is 1. The molecule has 2 aromatic rings. The summed E-state index contributed by atoms with van der Waals surface area (Å²) in [7, 11) is 7.66. The molecular formula is C20H25NO6. The summed E-state index contributed by atoms with van der Waals surface area (Å²) in [6.45, 7) is 0.0789. The Labute approximate surface area is 159 Å². The van der Waals surface area contributed by atoms with E-state index in [9.17, 15) is 9.90 Å². The number of amides is 1. The molecule has 0 fully saturated rings. The van der Waals surface area contributed by atoms with E-state index < -0.39 is 6.10 Å². The van der Waals surface area contributed by atoms with Crippen LogP contribution in [0.3, 0.4) is 0 Å². The molecule has 0 aromatic heterocycles. The van der Waals surface area contributed by atoms with E-state index in [0.29, 0.717) is 34.1 Å². The van der Waals surface area contributed by atoms with Crippen molar-refractivity contribution >= 4 is 5.91 Å². The predicted molar refractivity (Wildman–Crippen MR) is 101 cm³/mol. The molecule has 146 valence electrons. The molecule has 1 N–H and O–H groups in total. The summed E-state index contributed by atoms with van der Waals surface area (Å²) < 4.78 is 21.0. The van der Waals surface area contributed by atoms with Crippen LogP contribution in [0, 0.1) is 0 Å². The maximum Gasteiger partial charge on any atom is 0.261 e. The van der Waals surface area contributed by atoms with Crippen molar-refractivity contribution < 1.29 is 28.8 Å². The van der Waals surface area contributed by atoms with Crippen LogP contribution >= 0.6 is 0 Å². The van der Waals surface area contributed by atoms with Gasteiger partial charge in [-0.3, -0.25) is 4.79 Å². The van der Waals surface area contributed by atoms with Crippen molar-refractivity contribution in [2.45, 2.75) is 6.10 Å². The third-order valence-electron chi connectivity index (χ3n) is 4.23. The van der Waals surface area contributed by atoms with E-state index in [-0.39, 0.29) is 12.5 Å². The van der Waals surface area contributed by atoms with E-state index >= 15 is 0 Å². The summed E-state index contributed by atoms with van der Waals surface area (Å²) in [6.07, 6.45) is -0.903. The first-order valence-corrected chi connectivity index (χ1v) is 8.33. The zero-order chi connectivity index (χ0) is 20.0. The lowest BCUT2D eigenvalue weighted by Gasteiger charge is -2.23. The normalized spacial score (nSPS) is 11.5. The Morgan fingerprint density at radius 1 is 0.926 bits per heavy atom. The van der Waals surface area contributed by atoms with Gasteiger partial charge in [0.25, 0.3) is 5.91 Å². The minimum atomic E-state index is -0.903. The fraction of sp³-hybridized carbons (Fsp3) is 0.350. The molecule has 2 aromatic carbocycles. The molecule has 27 heavy (non-hydrogen) atoms. The molecule has 1 atom stereocenters. The molecule has 0 aliphatic heterocycles. The van der Waals surface area contributed by atoms with Crippen molar-refractivity contribution in [3.63, 3.8) is 0 Å². The van der Waals surface area contributed by atoms with Crippen molar-refractivity contribution in [2.24, 2.45) is 0 Å². The maximum atomic E-state index is 12.9. The van der Waals surface area contributed by atoms with Gasteiger partial charge in [0.2, 0.25) is 0 Å². The molecule has 1 unspecified atom stereocenters. The number of benzene rings is 2. The predicted octanol–water partition coefficient (Wildman–Crippen LogP) is 2.53. The van der Waals surface area contributed by atoms with Crippen molar-refractivity contribution in [3.05, 3.63) is 47.5 Å². The van der Waals surface area contributed by atoms with Gasteiger partial charge in [-0.2, -0.15) is 0 Å². The highest BCUT2D eigenvalue weighted by molar-refractivity contribution is 5.99. The van der Waals surface area contributed by atoms with Gasteiger partial charge in [0.1, 0.15) is 17.1 Å². The van der Waals surface area contributed by atoms with Crippen molar-refractivity contribution in [1.29, 1.82) is 0 Å². The van der Waals surface area contributed by atoms with Crippen molar-refractivity contribution in [3.8, 4) is 23.0 Å². The number of methoxy groups -OCH3 is 4. The number of aliphatic hydroxyl groups is 1. The summed E-state index contributed by atoms with van der Waals surface area (Å²) in [6, 6.07) is 10.2. The second-order valence-electron chi connectivity index (χ2n) is 5.85. The highest BCUT2D eigenvalue weighted by atomic mass is 16.5. The fourth-order valence-corrected chi connectivity index (χ4v) is 2.76. The summed E-state index contributed by atoms with van der Waals surface area (Å²) in [5, 5.41) is 10.6. The molecule has 2 rings (SSSR count). The summed E-state index contributed by atoms with van der Waals surface area (Å²) in [5.74, 6) is 1.58. The van der Waals surface area contributed by atoms with Crippen LogP contribution in [0.2, 0.25) is 0 Å². The first-order valence-electron chi connectivity index (χ1n) is 8.33. The third kappa shape index (κ3) is 4.43. The Morgan fingerprint density at radius 3 is 2.00 bits per heavy atom. The van der Waals surface area contributed by atoms with Crippen LogP contribution in [0.1, 0.15) is 22.0 Å².